The Morgan fingerprint density at radius 2 is 0.957 bits per heavy atom. The number of hydrogen-bond donors (Lipinski definition) is 2. The molecule has 1 aromatic rings. The lowest BCUT2D eigenvalue weighted by Crippen LogP contribution is -2.61. The molecule has 0 aliphatic heterocycles. The van der Waals surface area contributed by atoms with Gasteiger partial charge in [-0.3, -0.25) is 0 Å². The smallest absolute Gasteiger partial charge is 0.340 e. The summed E-state index contributed by atoms with van der Waals surface area (Å²) in [5, 5.41) is 7.11. The van der Waals surface area contributed by atoms with E-state index in [0.717, 1.165) is 116 Å². The van der Waals surface area contributed by atoms with E-state index in [1.54, 1.807) is 0 Å². The van der Waals surface area contributed by atoms with Crippen molar-refractivity contribution in [1.82, 2.24) is 9.21 Å². The van der Waals surface area contributed by atoms with Crippen molar-refractivity contribution in [2.45, 2.75) is 192 Å². The maximum Gasteiger partial charge on any atom is 0.340 e. The van der Waals surface area contributed by atoms with Crippen molar-refractivity contribution < 1.29 is 13.2 Å². The summed E-state index contributed by atoms with van der Waals surface area (Å²) in [6, 6.07) is 5.68. The van der Waals surface area contributed by atoms with Crippen molar-refractivity contribution in [3.63, 3.8) is 0 Å². The van der Waals surface area contributed by atoms with Crippen LogP contribution in [-0.2, 0) is 10.2 Å². The fourth-order valence-electron chi connectivity index (χ4n) is 8.80. The number of nitrogens with one attached hydrogen (secondary N) is 2. The molecular weight excluding hydrogens is 595 g/mol. The lowest BCUT2D eigenvalue weighted by molar-refractivity contribution is 0.111. The molecular formula is C37H63N5O3S. The number of urea groups is 1. The summed E-state index contributed by atoms with van der Waals surface area (Å²) in [5.74, 6) is 0. The molecule has 0 aromatic heterocycles. The van der Waals surface area contributed by atoms with Gasteiger partial charge in [-0.1, -0.05) is 83.1 Å². The Morgan fingerprint density at radius 1 is 0.609 bits per heavy atom. The van der Waals surface area contributed by atoms with Gasteiger partial charge in [0.05, 0.1) is 11.4 Å². The Kier molecular flexibility index (Phi) is 12.6. The first-order valence-electron chi connectivity index (χ1n) is 19.0. The maximum atomic E-state index is 15.8. The number of anilines is 3. The molecule has 2 amide bonds. The zero-order chi connectivity index (χ0) is 32.7. The van der Waals surface area contributed by atoms with Crippen LogP contribution >= 0.6 is 0 Å². The van der Waals surface area contributed by atoms with Gasteiger partial charge in [0.15, 0.2) is 0 Å². The fourth-order valence-corrected chi connectivity index (χ4v) is 10.9. The molecule has 0 spiro atoms. The van der Waals surface area contributed by atoms with Gasteiger partial charge in [-0.05, 0) is 91.2 Å². The highest BCUT2D eigenvalue weighted by molar-refractivity contribution is 7.91. The second kappa shape index (κ2) is 16.4. The molecule has 0 unspecified atom stereocenters. The molecule has 0 saturated heterocycles. The molecule has 1 aromatic carbocycles. The van der Waals surface area contributed by atoms with Crippen molar-refractivity contribution in [3.8, 4) is 0 Å². The molecule has 0 bridgehead atoms. The van der Waals surface area contributed by atoms with Gasteiger partial charge in [0, 0.05) is 36.3 Å². The summed E-state index contributed by atoms with van der Waals surface area (Å²) in [4.78, 5) is 17.7. The van der Waals surface area contributed by atoms with Gasteiger partial charge in [0.25, 0.3) is 0 Å². The van der Waals surface area contributed by atoms with Crippen LogP contribution in [0.1, 0.15) is 156 Å². The molecule has 4 saturated carbocycles. The zero-order valence-corrected chi connectivity index (χ0v) is 30.1. The summed E-state index contributed by atoms with van der Waals surface area (Å²) in [5.41, 5.74) is 1.84. The third-order valence-electron chi connectivity index (χ3n) is 10.8. The van der Waals surface area contributed by atoms with Crippen LogP contribution in [0.4, 0.5) is 21.9 Å². The van der Waals surface area contributed by atoms with Gasteiger partial charge in [0.1, 0.15) is 5.69 Å². The van der Waals surface area contributed by atoms with Crippen molar-refractivity contribution in [2.24, 2.45) is 0 Å². The highest BCUT2D eigenvalue weighted by atomic mass is 32.2. The molecule has 9 heteroatoms. The lowest BCUT2D eigenvalue weighted by Gasteiger charge is -2.47. The normalized spacial score (nSPS) is 21.5. The highest BCUT2D eigenvalue weighted by Gasteiger charge is 2.48. The average molecular weight is 658 g/mol. The Morgan fingerprint density at radius 3 is 1.30 bits per heavy atom. The van der Waals surface area contributed by atoms with Crippen LogP contribution in [0.2, 0.25) is 0 Å². The topological polar surface area (TPSA) is 85.0 Å². The van der Waals surface area contributed by atoms with Gasteiger partial charge in [-0.2, -0.15) is 17.0 Å². The third kappa shape index (κ3) is 8.34. The van der Waals surface area contributed by atoms with E-state index in [9.17, 15) is 0 Å². The number of carbonyl (C=O) groups excluding carboxylic acids is 1. The molecule has 8 nitrogen and oxygen atoms in total. The number of hydrogen-bond acceptors (Lipinski definition) is 5. The average Bonchev–Trinajstić information content (AvgIpc) is 3.04. The van der Waals surface area contributed by atoms with E-state index in [-0.39, 0.29) is 42.3 Å². The van der Waals surface area contributed by atoms with Crippen molar-refractivity contribution in [3.05, 3.63) is 18.2 Å². The standard InChI is InChI=1S/C37H63N5O3S/c1-28(2)38-34-26-17-27-35(39-29(3)4)36(34)42(37(43)40(30-18-9-5-10-19-30)31-20-11-6-12-21-31)46(44,45)41(32-22-13-7-14-23-32)33-24-15-8-16-25-33/h17,26-33,38-39H,5-16,18-25H2,1-4H3. The van der Waals surface area contributed by atoms with E-state index in [0.29, 0.717) is 17.1 Å². The monoisotopic (exact) mass is 657 g/mol. The van der Waals surface area contributed by atoms with Crippen LogP contribution in [0.15, 0.2) is 18.2 Å². The predicted octanol–water partition coefficient (Wildman–Crippen LogP) is 9.43. The van der Waals surface area contributed by atoms with Gasteiger partial charge in [-0.15, -0.1) is 0 Å². The molecule has 0 heterocycles. The van der Waals surface area contributed by atoms with Gasteiger partial charge in [0.2, 0.25) is 0 Å². The number of benzene rings is 1. The minimum Gasteiger partial charge on any atom is -0.381 e. The first-order valence-corrected chi connectivity index (χ1v) is 20.4. The Hall–Kier alpha value is -2.00. The highest BCUT2D eigenvalue weighted by Crippen LogP contribution is 2.43. The predicted molar refractivity (Wildman–Crippen MR) is 192 cm³/mol. The fraction of sp³-hybridized carbons (Fsp3) is 0.811. The minimum atomic E-state index is -4.26. The van der Waals surface area contributed by atoms with E-state index >= 15 is 13.2 Å². The number of nitrogens with zero attached hydrogens (tertiary/aromatic N) is 3. The molecule has 2 N–H and O–H groups in total. The summed E-state index contributed by atoms with van der Waals surface area (Å²) in [7, 11) is -4.26. The van der Waals surface area contributed by atoms with Crippen molar-refractivity contribution >= 4 is 33.3 Å². The van der Waals surface area contributed by atoms with Crippen LogP contribution in [0.5, 0.6) is 0 Å². The van der Waals surface area contributed by atoms with E-state index < -0.39 is 10.2 Å². The second-order valence-electron chi connectivity index (χ2n) is 15.3. The van der Waals surface area contributed by atoms with Crippen LogP contribution in [0.25, 0.3) is 0 Å². The quantitative estimate of drug-likeness (QED) is 0.248. The summed E-state index contributed by atoms with van der Waals surface area (Å²) < 4.78 is 34.7. The number of rotatable bonds is 11. The summed E-state index contributed by atoms with van der Waals surface area (Å²) in [6.07, 6.45) is 20.5. The van der Waals surface area contributed by atoms with Crippen molar-refractivity contribution in [2.75, 3.05) is 14.9 Å². The lowest BCUT2D eigenvalue weighted by atomic mass is 9.89. The van der Waals surface area contributed by atoms with E-state index in [1.807, 2.05) is 22.5 Å². The number of carbonyl (C=O) groups is 1. The van der Waals surface area contributed by atoms with E-state index in [2.05, 4.69) is 43.2 Å². The van der Waals surface area contributed by atoms with E-state index in [1.165, 1.54) is 17.1 Å². The third-order valence-corrected chi connectivity index (χ3v) is 12.8. The largest absolute Gasteiger partial charge is 0.381 e. The zero-order valence-electron chi connectivity index (χ0n) is 29.3. The molecule has 46 heavy (non-hydrogen) atoms. The van der Waals surface area contributed by atoms with Crippen LogP contribution in [-0.4, -0.2) is 59.9 Å². The van der Waals surface area contributed by atoms with E-state index in [4.69, 9.17) is 0 Å². The first-order chi connectivity index (χ1) is 22.2. The Bertz CT molecular complexity index is 1150. The number of amides is 2. The van der Waals surface area contributed by atoms with Crippen LogP contribution in [0.3, 0.4) is 0 Å². The maximum absolute atomic E-state index is 15.8. The summed E-state index contributed by atoms with van der Waals surface area (Å²) >= 11 is 0. The molecule has 4 fully saturated rings. The Labute approximate surface area is 280 Å². The van der Waals surface area contributed by atoms with Gasteiger partial charge < -0.3 is 15.5 Å². The molecule has 4 aliphatic rings. The van der Waals surface area contributed by atoms with Gasteiger partial charge in [-0.25, -0.2) is 4.79 Å². The van der Waals surface area contributed by atoms with Crippen LogP contribution < -0.4 is 14.9 Å². The van der Waals surface area contributed by atoms with Crippen molar-refractivity contribution in [1.29, 1.82) is 0 Å². The molecule has 5 rings (SSSR count). The molecule has 0 atom stereocenters. The minimum absolute atomic E-state index is 0.0632. The van der Waals surface area contributed by atoms with Gasteiger partial charge >= 0.3 is 16.2 Å². The van der Waals surface area contributed by atoms with Crippen LogP contribution in [0, 0.1) is 0 Å². The Balaban J connectivity index is 1.71. The SMILES string of the molecule is CC(C)Nc1cccc(NC(C)C)c1N(C(=O)N(C1CCCCC1)C1CCCCC1)S(=O)(=O)N(C1CCCCC1)C1CCCCC1. The first kappa shape index (κ1) is 35.3. The molecule has 0 radical (unpaired) electrons. The number of para-hydroxylation sites is 1. The summed E-state index contributed by atoms with van der Waals surface area (Å²) in [6.45, 7) is 8.28. The molecule has 4 aliphatic carbocycles. The molecule has 260 valence electrons. The second-order valence-corrected chi connectivity index (χ2v) is 16.9.